The van der Waals surface area contributed by atoms with Gasteiger partial charge in [0, 0.05) is 22.2 Å². The summed E-state index contributed by atoms with van der Waals surface area (Å²) in [4.78, 5) is 28.7. The monoisotopic (exact) mass is 805 g/mol. The van der Waals surface area contributed by atoms with Crippen molar-refractivity contribution in [2.24, 2.45) is 0 Å². The van der Waals surface area contributed by atoms with Gasteiger partial charge in [-0.1, -0.05) is 77.8 Å². The molecule has 0 aromatic heterocycles. The molecular formula is C40H37Cl2N3O7S2. The van der Waals surface area contributed by atoms with Gasteiger partial charge in [0.15, 0.2) is 6.04 Å². The maximum atomic E-state index is 15.1. The van der Waals surface area contributed by atoms with E-state index in [-0.39, 0.29) is 38.5 Å². The molecule has 0 radical (unpaired) electrons. The Hall–Kier alpha value is -4.88. The first-order valence-electron chi connectivity index (χ1n) is 17.0. The van der Waals surface area contributed by atoms with Gasteiger partial charge < -0.3 is 10.0 Å². The number of sulfonamides is 2. The van der Waals surface area contributed by atoms with Crippen LogP contribution >= 0.6 is 23.2 Å². The number of aliphatic carboxylic acids is 1. The Kier molecular flexibility index (Phi) is 11.4. The Morgan fingerprint density at radius 1 is 0.778 bits per heavy atom. The predicted octanol–water partition coefficient (Wildman–Crippen LogP) is 8.19. The van der Waals surface area contributed by atoms with Crippen LogP contribution in [-0.2, 0) is 29.6 Å². The van der Waals surface area contributed by atoms with Crippen LogP contribution < -0.4 is 8.61 Å². The van der Waals surface area contributed by atoms with Crippen LogP contribution in [0.15, 0.2) is 131 Å². The first-order valence-corrected chi connectivity index (χ1v) is 20.7. The van der Waals surface area contributed by atoms with Gasteiger partial charge in [-0.3, -0.25) is 9.10 Å². The van der Waals surface area contributed by atoms with Crippen molar-refractivity contribution in [2.75, 3.05) is 21.7 Å². The molecular weight excluding hydrogens is 769 g/mol. The Balaban J connectivity index is 1.52. The zero-order chi connectivity index (χ0) is 38.8. The Bertz CT molecular complexity index is 2390. The minimum absolute atomic E-state index is 0.0642. The molecule has 1 aliphatic rings. The number of carboxylic acids is 1. The van der Waals surface area contributed by atoms with Gasteiger partial charge >= 0.3 is 5.97 Å². The fourth-order valence-corrected chi connectivity index (χ4v) is 10.5. The van der Waals surface area contributed by atoms with E-state index >= 15 is 8.42 Å². The Morgan fingerprint density at radius 3 is 2.00 bits per heavy atom. The quantitative estimate of drug-likeness (QED) is 0.135. The van der Waals surface area contributed by atoms with E-state index in [1.165, 1.54) is 91.9 Å². The highest BCUT2D eigenvalue weighted by molar-refractivity contribution is 7.93. The van der Waals surface area contributed by atoms with Crippen molar-refractivity contribution in [3.05, 3.63) is 154 Å². The summed E-state index contributed by atoms with van der Waals surface area (Å²) >= 11 is 12.4. The zero-order valence-corrected chi connectivity index (χ0v) is 32.5. The van der Waals surface area contributed by atoms with E-state index in [0.29, 0.717) is 27.9 Å². The fraction of sp³-hybridized carbons (Fsp3) is 0.200. The Labute approximate surface area is 325 Å². The van der Waals surface area contributed by atoms with Gasteiger partial charge in [0.05, 0.1) is 27.2 Å². The number of rotatable bonds is 12. The number of likely N-dealkylation sites (tertiary alicyclic amines) is 1. The van der Waals surface area contributed by atoms with Crippen LogP contribution in [-0.4, -0.2) is 51.8 Å². The molecule has 2 unspecified atom stereocenters. The average molecular weight is 807 g/mol. The van der Waals surface area contributed by atoms with Crippen molar-refractivity contribution in [3.8, 4) is 0 Å². The molecule has 0 spiro atoms. The van der Waals surface area contributed by atoms with Gasteiger partial charge in [-0.25, -0.2) is 25.9 Å². The number of benzene rings is 5. The molecule has 1 N–H and O–H groups in total. The molecule has 54 heavy (non-hydrogen) atoms. The molecule has 1 fully saturated rings. The number of anilines is 2. The number of aryl methyl sites for hydroxylation is 2. The largest absolute Gasteiger partial charge is 0.479 e. The molecule has 280 valence electrons. The summed E-state index contributed by atoms with van der Waals surface area (Å²) in [6.45, 7) is 3.00. The third kappa shape index (κ3) is 7.83. The third-order valence-electron chi connectivity index (χ3n) is 9.37. The van der Waals surface area contributed by atoms with Crippen molar-refractivity contribution in [1.82, 2.24) is 4.90 Å². The highest BCUT2D eigenvalue weighted by Gasteiger charge is 2.43. The zero-order valence-electron chi connectivity index (χ0n) is 29.3. The van der Waals surface area contributed by atoms with Gasteiger partial charge in [-0.05, 0) is 110 Å². The maximum absolute atomic E-state index is 15.1. The topological polar surface area (TPSA) is 132 Å². The van der Waals surface area contributed by atoms with Crippen molar-refractivity contribution in [1.29, 1.82) is 0 Å². The first-order chi connectivity index (χ1) is 25.7. The van der Waals surface area contributed by atoms with Crippen molar-refractivity contribution >= 4 is 66.5 Å². The molecule has 1 aliphatic heterocycles. The van der Waals surface area contributed by atoms with Gasteiger partial charge in [-0.2, -0.15) is 0 Å². The van der Waals surface area contributed by atoms with Crippen LogP contribution in [0.5, 0.6) is 0 Å². The fourth-order valence-electron chi connectivity index (χ4n) is 6.82. The Morgan fingerprint density at radius 2 is 1.39 bits per heavy atom. The van der Waals surface area contributed by atoms with Crippen LogP contribution in [0.1, 0.15) is 47.2 Å². The van der Waals surface area contributed by atoms with Gasteiger partial charge in [0.2, 0.25) is 5.91 Å². The summed E-state index contributed by atoms with van der Waals surface area (Å²) in [7, 11) is -9.48. The molecule has 0 saturated carbocycles. The lowest BCUT2D eigenvalue weighted by Gasteiger charge is -2.34. The lowest BCUT2D eigenvalue weighted by molar-refractivity contribution is -0.138. The SMILES string of the molecule is Cc1cccc(S(=O)(=O)N(c2ccc(Cl)cc2)C(C(=O)O)c2c(C)cccc2S(=O)(=O)N(CC(=O)N2CCCC2c2ccccc2)c2ccc(Cl)cc2)c1. The number of hydrogen-bond acceptors (Lipinski definition) is 6. The molecule has 1 amide bonds. The van der Waals surface area contributed by atoms with Crippen molar-refractivity contribution in [2.45, 2.75) is 48.6 Å². The second-order valence-corrected chi connectivity index (χ2v) is 17.5. The number of carboxylic acid groups (broad SMARTS) is 1. The second-order valence-electron chi connectivity index (χ2n) is 13.0. The number of halogens is 2. The summed E-state index contributed by atoms with van der Waals surface area (Å²) in [6.07, 6.45) is 1.42. The lowest BCUT2D eigenvalue weighted by Crippen LogP contribution is -2.44. The van der Waals surface area contributed by atoms with E-state index in [9.17, 15) is 23.1 Å². The van der Waals surface area contributed by atoms with Crippen molar-refractivity contribution < 1.29 is 31.5 Å². The van der Waals surface area contributed by atoms with Crippen LogP contribution in [0.3, 0.4) is 0 Å². The van der Waals surface area contributed by atoms with E-state index in [0.717, 1.165) is 16.3 Å². The number of amides is 1. The maximum Gasteiger partial charge on any atom is 0.332 e. The molecule has 6 rings (SSSR count). The van der Waals surface area contributed by atoms with E-state index in [1.807, 2.05) is 30.3 Å². The van der Waals surface area contributed by atoms with Crippen molar-refractivity contribution in [3.63, 3.8) is 0 Å². The average Bonchev–Trinajstić information content (AvgIpc) is 3.65. The number of carbonyl (C=O) groups is 2. The molecule has 5 aromatic rings. The van der Waals surface area contributed by atoms with Crippen LogP contribution in [0.2, 0.25) is 10.0 Å². The van der Waals surface area contributed by atoms with Crippen LogP contribution in [0.25, 0.3) is 0 Å². The highest BCUT2D eigenvalue weighted by Crippen LogP contribution is 2.40. The van der Waals surface area contributed by atoms with E-state index in [1.54, 1.807) is 17.9 Å². The molecule has 0 bridgehead atoms. The molecule has 2 atom stereocenters. The van der Waals surface area contributed by atoms with E-state index < -0.39 is 49.4 Å². The molecule has 0 aliphatic carbocycles. The molecule has 1 heterocycles. The highest BCUT2D eigenvalue weighted by atomic mass is 35.5. The second kappa shape index (κ2) is 15.8. The van der Waals surface area contributed by atoms with Gasteiger partial charge in [-0.15, -0.1) is 0 Å². The summed E-state index contributed by atoms with van der Waals surface area (Å²) in [5.41, 5.74) is 1.45. The van der Waals surface area contributed by atoms with Crippen LogP contribution in [0, 0.1) is 13.8 Å². The smallest absolute Gasteiger partial charge is 0.332 e. The van der Waals surface area contributed by atoms with E-state index in [4.69, 9.17) is 23.2 Å². The molecule has 14 heteroatoms. The van der Waals surface area contributed by atoms with Gasteiger partial charge in [0.1, 0.15) is 6.54 Å². The summed E-state index contributed by atoms with van der Waals surface area (Å²) in [5, 5.41) is 11.6. The number of hydrogen-bond donors (Lipinski definition) is 1. The summed E-state index contributed by atoms with van der Waals surface area (Å²) < 4.78 is 61.1. The summed E-state index contributed by atoms with van der Waals surface area (Å²) in [5.74, 6) is -2.10. The standard InChI is InChI=1S/C40H37Cl2N3O7S2/c1-27-9-6-13-34(25-27)53(49,50)45(33-22-18-31(42)19-23-33)39(40(47)48)38-28(2)10-7-15-36(38)54(51,52)44(32-20-16-30(41)17-21-32)26-37(46)43-24-8-14-35(43)29-11-4-3-5-12-29/h3-7,9-13,15-23,25,35,39H,8,14,24,26H2,1-2H3,(H,47,48). The summed E-state index contributed by atoms with van der Waals surface area (Å²) in [6, 6.07) is 28.7. The number of nitrogens with zero attached hydrogens (tertiary/aromatic N) is 3. The molecule has 10 nitrogen and oxygen atoms in total. The predicted molar refractivity (Wildman–Crippen MR) is 210 cm³/mol. The minimum atomic E-state index is -4.81. The van der Waals surface area contributed by atoms with Gasteiger partial charge in [0.25, 0.3) is 20.0 Å². The van der Waals surface area contributed by atoms with E-state index in [2.05, 4.69) is 0 Å². The minimum Gasteiger partial charge on any atom is -0.479 e. The number of carbonyl (C=O) groups excluding carboxylic acids is 1. The normalized spacial score (nSPS) is 15.1. The third-order valence-corrected chi connectivity index (χ3v) is 13.5. The van der Waals surface area contributed by atoms with Crippen LogP contribution in [0.4, 0.5) is 11.4 Å². The lowest BCUT2D eigenvalue weighted by atomic mass is 10.0. The molecule has 5 aromatic carbocycles. The first kappa shape index (κ1) is 38.8. The molecule has 1 saturated heterocycles.